The smallest absolute Gasteiger partial charge is 0.263 e. The number of rotatable bonds is 2. The highest BCUT2D eigenvalue weighted by molar-refractivity contribution is 4.85. The van der Waals surface area contributed by atoms with Gasteiger partial charge < -0.3 is 0 Å². The Bertz CT molecular complexity index is 210. The summed E-state index contributed by atoms with van der Waals surface area (Å²) in [5.74, 6) is -3.10. The van der Waals surface area contributed by atoms with Gasteiger partial charge in [-0.25, -0.2) is 8.78 Å². The average molecular weight is 188 g/mol. The molecule has 0 aliphatic carbocycles. The molecule has 2 nitrogen and oxygen atoms in total. The number of alkyl halides is 2. The van der Waals surface area contributed by atoms with Gasteiger partial charge in [-0.05, 0) is 13.0 Å². The van der Waals surface area contributed by atoms with E-state index in [1.54, 1.807) is 11.8 Å². The van der Waals surface area contributed by atoms with E-state index in [2.05, 4.69) is 0 Å². The number of nitrogens with zero attached hydrogens (tertiary/aromatic N) is 2. The lowest BCUT2D eigenvalue weighted by Gasteiger charge is -2.36. The molecule has 0 amide bonds. The molecule has 4 heteroatoms. The average Bonchev–Trinajstić information content (AvgIpc) is 2.07. The fraction of sp³-hybridized carbons (Fsp3) is 0.889. The van der Waals surface area contributed by atoms with Crippen molar-refractivity contribution in [1.29, 1.82) is 5.26 Å². The van der Waals surface area contributed by atoms with Crippen molar-refractivity contribution in [1.82, 2.24) is 4.90 Å². The summed E-state index contributed by atoms with van der Waals surface area (Å²) in [7, 11) is 0. The van der Waals surface area contributed by atoms with Gasteiger partial charge in [-0.3, -0.25) is 4.90 Å². The molecule has 0 aromatic carbocycles. The Morgan fingerprint density at radius 3 is 2.85 bits per heavy atom. The first-order valence-electron chi connectivity index (χ1n) is 4.53. The fourth-order valence-corrected chi connectivity index (χ4v) is 1.52. The van der Waals surface area contributed by atoms with Gasteiger partial charge in [0.05, 0.1) is 12.6 Å². The van der Waals surface area contributed by atoms with Gasteiger partial charge in [-0.15, -0.1) is 0 Å². The SMILES string of the molecule is C[C@H]1CCN(CCC#N)CC1(F)F. The third-order valence-corrected chi connectivity index (χ3v) is 2.57. The third kappa shape index (κ3) is 2.63. The molecule has 1 aliphatic rings. The molecular weight excluding hydrogens is 174 g/mol. The van der Waals surface area contributed by atoms with Crippen molar-refractivity contribution in [2.45, 2.75) is 25.7 Å². The molecule has 1 rings (SSSR count). The van der Waals surface area contributed by atoms with Crippen molar-refractivity contribution < 1.29 is 8.78 Å². The molecule has 0 aromatic rings. The van der Waals surface area contributed by atoms with E-state index in [1.807, 2.05) is 6.07 Å². The van der Waals surface area contributed by atoms with Gasteiger partial charge in [0.15, 0.2) is 0 Å². The van der Waals surface area contributed by atoms with Crippen LogP contribution in [0.1, 0.15) is 19.8 Å². The zero-order valence-corrected chi connectivity index (χ0v) is 7.76. The van der Waals surface area contributed by atoms with Crippen molar-refractivity contribution in [2.75, 3.05) is 19.6 Å². The maximum atomic E-state index is 13.2. The molecule has 1 atom stereocenters. The number of hydrogen-bond acceptors (Lipinski definition) is 2. The number of likely N-dealkylation sites (tertiary alicyclic amines) is 1. The van der Waals surface area contributed by atoms with E-state index in [4.69, 9.17) is 5.26 Å². The normalized spacial score (nSPS) is 28.3. The maximum Gasteiger partial charge on any atom is 0.263 e. The number of halogens is 2. The summed E-state index contributed by atoms with van der Waals surface area (Å²) in [6, 6.07) is 1.97. The second kappa shape index (κ2) is 4.01. The van der Waals surface area contributed by atoms with Gasteiger partial charge in [0, 0.05) is 18.9 Å². The van der Waals surface area contributed by atoms with Gasteiger partial charge in [-0.2, -0.15) is 5.26 Å². The summed E-state index contributed by atoms with van der Waals surface area (Å²) in [6.45, 7) is 2.56. The predicted molar refractivity (Wildman–Crippen MR) is 45.4 cm³/mol. The lowest BCUT2D eigenvalue weighted by molar-refractivity contribution is -0.104. The summed E-state index contributed by atoms with van der Waals surface area (Å²) in [4.78, 5) is 1.67. The number of nitriles is 1. The summed E-state index contributed by atoms with van der Waals surface area (Å²) in [5, 5.41) is 8.31. The molecule has 0 bridgehead atoms. The minimum atomic E-state index is -2.58. The van der Waals surface area contributed by atoms with E-state index in [0.717, 1.165) is 0 Å². The first-order chi connectivity index (χ1) is 6.06. The third-order valence-electron chi connectivity index (χ3n) is 2.57. The Balaban J connectivity index is 2.42. The van der Waals surface area contributed by atoms with Crippen LogP contribution < -0.4 is 0 Å². The minimum absolute atomic E-state index is 0.185. The van der Waals surface area contributed by atoms with Crippen LogP contribution in [0.25, 0.3) is 0 Å². The first kappa shape index (κ1) is 10.4. The molecule has 1 saturated heterocycles. The van der Waals surface area contributed by atoms with Gasteiger partial charge in [0.25, 0.3) is 5.92 Å². The molecule has 13 heavy (non-hydrogen) atoms. The van der Waals surface area contributed by atoms with Crippen LogP contribution in [0.2, 0.25) is 0 Å². The molecule has 0 radical (unpaired) electrons. The highest BCUT2D eigenvalue weighted by Gasteiger charge is 2.41. The topological polar surface area (TPSA) is 27.0 Å². The Kier molecular flexibility index (Phi) is 3.21. The van der Waals surface area contributed by atoms with Crippen LogP contribution in [0, 0.1) is 17.2 Å². The largest absolute Gasteiger partial charge is 0.296 e. The van der Waals surface area contributed by atoms with Crippen molar-refractivity contribution >= 4 is 0 Å². The van der Waals surface area contributed by atoms with Gasteiger partial charge >= 0.3 is 0 Å². The summed E-state index contributed by atoms with van der Waals surface area (Å²) in [5.41, 5.74) is 0. The summed E-state index contributed by atoms with van der Waals surface area (Å²) in [6.07, 6.45) is 0.864. The molecule has 0 aromatic heterocycles. The van der Waals surface area contributed by atoms with Crippen LogP contribution in [0.4, 0.5) is 8.78 Å². The molecule has 0 saturated carbocycles. The molecule has 74 valence electrons. The quantitative estimate of drug-likeness (QED) is 0.661. The molecule has 1 heterocycles. The second-order valence-corrected chi connectivity index (χ2v) is 3.64. The van der Waals surface area contributed by atoms with Crippen molar-refractivity contribution in [3.63, 3.8) is 0 Å². The van der Waals surface area contributed by atoms with Crippen molar-refractivity contribution in [3.05, 3.63) is 0 Å². The van der Waals surface area contributed by atoms with Crippen molar-refractivity contribution in [2.24, 2.45) is 5.92 Å². The molecule has 0 spiro atoms. The van der Waals surface area contributed by atoms with Gasteiger partial charge in [0.2, 0.25) is 0 Å². The Labute approximate surface area is 77.1 Å². The zero-order chi connectivity index (χ0) is 9.90. The van der Waals surface area contributed by atoms with Crippen LogP contribution in [0.5, 0.6) is 0 Å². The Morgan fingerprint density at radius 1 is 1.62 bits per heavy atom. The van der Waals surface area contributed by atoms with Crippen LogP contribution in [0.15, 0.2) is 0 Å². The molecule has 0 N–H and O–H groups in total. The van der Waals surface area contributed by atoms with Crippen LogP contribution in [-0.4, -0.2) is 30.5 Å². The van der Waals surface area contributed by atoms with Crippen LogP contribution in [-0.2, 0) is 0 Å². The molecule has 1 fully saturated rings. The Hall–Kier alpha value is -0.690. The highest BCUT2D eigenvalue weighted by Crippen LogP contribution is 2.32. The number of hydrogen-bond donors (Lipinski definition) is 0. The monoisotopic (exact) mass is 188 g/mol. The number of piperidine rings is 1. The van der Waals surface area contributed by atoms with Gasteiger partial charge in [-0.1, -0.05) is 6.92 Å². The maximum absolute atomic E-state index is 13.2. The molecular formula is C9H14F2N2. The molecule has 1 aliphatic heterocycles. The van der Waals surface area contributed by atoms with Crippen molar-refractivity contribution in [3.8, 4) is 6.07 Å². The van der Waals surface area contributed by atoms with E-state index in [9.17, 15) is 8.78 Å². The lowest BCUT2D eigenvalue weighted by Crippen LogP contribution is -2.47. The minimum Gasteiger partial charge on any atom is -0.296 e. The Morgan fingerprint density at radius 2 is 2.31 bits per heavy atom. The summed E-state index contributed by atoms with van der Waals surface area (Å²) >= 11 is 0. The van der Waals surface area contributed by atoms with E-state index in [1.165, 1.54) is 0 Å². The van der Waals surface area contributed by atoms with Gasteiger partial charge in [0.1, 0.15) is 0 Å². The first-order valence-corrected chi connectivity index (χ1v) is 4.53. The highest BCUT2D eigenvalue weighted by atomic mass is 19.3. The fourth-order valence-electron chi connectivity index (χ4n) is 1.52. The van der Waals surface area contributed by atoms with Crippen LogP contribution >= 0.6 is 0 Å². The van der Waals surface area contributed by atoms with E-state index in [0.29, 0.717) is 25.9 Å². The standard InChI is InChI=1S/C9H14F2N2/c1-8-3-6-13(5-2-4-12)7-9(8,10)11/h8H,2-3,5-7H2,1H3/t8-/m0/s1. The van der Waals surface area contributed by atoms with Crippen LogP contribution in [0.3, 0.4) is 0 Å². The lowest BCUT2D eigenvalue weighted by atomic mass is 9.95. The van der Waals surface area contributed by atoms with E-state index >= 15 is 0 Å². The predicted octanol–water partition coefficient (Wildman–Crippen LogP) is 1.88. The molecule has 0 unspecified atom stereocenters. The second-order valence-electron chi connectivity index (χ2n) is 3.64. The summed E-state index contributed by atoms with van der Waals surface area (Å²) < 4.78 is 26.3. The zero-order valence-electron chi connectivity index (χ0n) is 7.76. The van der Waals surface area contributed by atoms with E-state index < -0.39 is 11.8 Å². The van der Waals surface area contributed by atoms with E-state index in [-0.39, 0.29) is 6.54 Å².